The van der Waals surface area contributed by atoms with Crippen molar-refractivity contribution in [2.75, 3.05) is 46.3 Å². The molecule has 0 radical (unpaired) electrons. The summed E-state index contributed by atoms with van der Waals surface area (Å²) in [7, 11) is 3.21. The molecule has 6 heteroatoms. The summed E-state index contributed by atoms with van der Waals surface area (Å²) in [6.07, 6.45) is 0. The van der Waals surface area contributed by atoms with Gasteiger partial charge in [0.25, 0.3) is 5.91 Å². The van der Waals surface area contributed by atoms with E-state index in [2.05, 4.69) is 15.9 Å². The lowest BCUT2D eigenvalue weighted by Gasteiger charge is -2.22. The van der Waals surface area contributed by atoms with E-state index in [0.717, 1.165) is 4.47 Å². The highest BCUT2D eigenvalue weighted by Gasteiger charge is 2.17. The Kier molecular flexibility index (Phi) is 6.83. The highest BCUT2D eigenvalue weighted by atomic mass is 79.9. The molecule has 0 bridgehead atoms. The van der Waals surface area contributed by atoms with Crippen LogP contribution in [0.25, 0.3) is 0 Å². The highest BCUT2D eigenvalue weighted by molar-refractivity contribution is 9.10. The molecule has 1 amide bonds. The molecule has 0 saturated carbocycles. The zero-order valence-electron chi connectivity index (χ0n) is 11.2. The van der Waals surface area contributed by atoms with Crippen molar-refractivity contribution >= 4 is 27.5 Å². The fourth-order valence-corrected chi connectivity index (χ4v) is 2.00. The van der Waals surface area contributed by atoms with Gasteiger partial charge in [-0.2, -0.15) is 0 Å². The summed E-state index contributed by atoms with van der Waals surface area (Å²) >= 11 is 3.32. The normalized spacial score (nSPS) is 10.5. The molecule has 1 aromatic carbocycles. The maximum absolute atomic E-state index is 12.4. The van der Waals surface area contributed by atoms with Crippen molar-refractivity contribution in [3.05, 3.63) is 28.2 Å². The predicted octanol–water partition coefficient (Wildman–Crippen LogP) is 1.77. The van der Waals surface area contributed by atoms with Crippen LogP contribution < -0.4 is 5.73 Å². The number of methoxy groups -OCH3 is 2. The van der Waals surface area contributed by atoms with E-state index >= 15 is 0 Å². The van der Waals surface area contributed by atoms with Crippen LogP contribution in [0.3, 0.4) is 0 Å². The SMILES string of the molecule is COCCN(CCOC)C(=O)c1ccc(Br)cc1N. The van der Waals surface area contributed by atoms with Crippen LogP contribution in [-0.4, -0.2) is 51.3 Å². The first-order valence-corrected chi connectivity index (χ1v) is 6.71. The van der Waals surface area contributed by atoms with Crippen molar-refractivity contribution in [3.63, 3.8) is 0 Å². The average molecular weight is 331 g/mol. The fraction of sp³-hybridized carbons (Fsp3) is 0.462. The van der Waals surface area contributed by atoms with Crippen LogP contribution in [0.4, 0.5) is 5.69 Å². The number of nitrogens with zero attached hydrogens (tertiary/aromatic N) is 1. The van der Waals surface area contributed by atoms with Crippen LogP contribution in [0.2, 0.25) is 0 Å². The lowest BCUT2D eigenvalue weighted by Crippen LogP contribution is -2.36. The van der Waals surface area contributed by atoms with Crippen LogP contribution in [0.5, 0.6) is 0 Å². The molecule has 0 heterocycles. The van der Waals surface area contributed by atoms with Crippen molar-refractivity contribution in [2.45, 2.75) is 0 Å². The Morgan fingerprint density at radius 2 is 1.84 bits per heavy atom. The van der Waals surface area contributed by atoms with Crippen LogP contribution in [0.1, 0.15) is 10.4 Å². The summed E-state index contributed by atoms with van der Waals surface area (Å²) in [6, 6.07) is 5.24. The lowest BCUT2D eigenvalue weighted by atomic mass is 10.1. The van der Waals surface area contributed by atoms with Crippen molar-refractivity contribution in [3.8, 4) is 0 Å². The van der Waals surface area contributed by atoms with Crippen LogP contribution in [0.15, 0.2) is 22.7 Å². The smallest absolute Gasteiger partial charge is 0.256 e. The molecule has 0 unspecified atom stereocenters. The average Bonchev–Trinajstić information content (AvgIpc) is 2.38. The summed E-state index contributed by atoms with van der Waals surface area (Å²) in [5.74, 6) is -0.112. The number of ether oxygens (including phenoxy) is 2. The minimum absolute atomic E-state index is 0.112. The number of nitrogen functional groups attached to an aromatic ring is 1. The number of amides is 1. The maximum Gasteiger partial charge on any atom is 0.256 e. The number of carbonyl (C=O) groups is 1. The molecule has 5 nitrogen and oxygen atoms in total. The van der Waals surface area contributed by atoms with E-state index in [1.54, 1.807) is 37.3 Å². The number of anilines is 1. The van der Waals surface area contributed by atoms with Crippen LogP contribution in [-0.2, 0) is 9.47 Å². The molecule has 2 N–H and O–H groups in total. The number of hydrogen-bond donors (Lipinski definition) is 1. The maximum atomic E-state index is 12.4. The van der Waals surface area contributed by atoms with Gasteiger partial charge in [0.15, 0.2) is 0 Å². The second-order valence-corrected chi connectivity index (χ2v) is 4.93. The number of halogens is 1. The summed E-state index contributed by atoms with van der Waals surface area (Å²) in [4.78, 5) is 14.1. The lowest BCUT2D eigenvalue weighted by molar-refractivity contribution is 0.0628. The third kappa shape index (κ3) is 4.81. The largest absolute Gasteiger partial charge is 0.398 e. The van der Waals surface area contributed by atoms with Gasteiger partial charge in [0, 0.05) is 37.5 Å². The molecule has 0 aliphatic carbocycles. The molecule has 0 fully saturated rings. The molecule has 1 rings (SSSR count). The molecular formula is C13H19BrN2O3. The van der Waals surface area contributed by atoms with Gasteiger partial charge in [0.1, 0.15) is 0 Å². The van der Waals surface area contributed by atoms with E-state index in [4.69, 9.17) is 15.2 Å². The molecule has 0 saturated heterocycles. The van der Waals surface area contributed by atoms with Crippen molar-refractivity contribution in [1.82, 2.24) is 4.90 Å². The molecule has 1 aromatic rings. The van der Waals surface area contributed by atoms with E-state index in [9.17, 15) is 4.79 Å². The summed E-state index contributed by atoms with van der Waals surface area (Å²) in [5, 5.41) is 0. The molecular weight excluding hydrogens is 312 g/mol. The molecule has 0 atom stereocenters. The quantitative estimate of drug-likeness (QED) is 0.774. The molecule has 0 aromatic heterocycles. The first-order valence-electron chi connectivity index (χ1n) is 5.92. The van der Waals surface area contributed by atoms with Crippen molar-refractivity contribution in [2.24, 2.45) is 0 Å². The Hall–Kier alpha value is -1.11. The standard InChI is InChI=1S/C13H19BrN2O3/c1-18-7-5-16(6-8-19-2)13(17)11-4-3-10(14)9-12(11)15/h3-4,9H,5-8,15H2,1-2H3. The fourth-order valence-electron chi connectivity index (χ4n) is 1.62. The predicted molar refractivity (Wildman–Crippen MR) is 78.2 cm³/mol. The van der Waals surface area contributed by atoms with E-state index in [1.165, 1.54) is 0 Å². The minimum Gasteiger partial charge on any atom is -0.398 e. The molecule has 0 aliphatic rings. The van der Waals surface area contributed by atoms with Crippen molar-refractivity contribution < 1.29 is 14.3 Å². The number of rotatable bonds is 7. The Balaban J connectivity index is 2.84. The van der Waals surface area contributed by atoms with E-state index in [1.807, 2.05) is 0 Å². The van der Waals surface area contributed by atoms with Gasteiger partial charge in [-0.25, -0.2) is 0 Å². The molecule has 106 valence electrons. The van der Waals surface area contributed by atoms with Gasteiger partial charge in [0.05, 0.1) is 18.8 Å². The Morgan fingerprint density at radius 1 is 1.26 bits per heavy atom. The number of carbonyl (C=O) groups excluding carboxylic acids is 1. The van der Waals surface area contributed by atoms with Crippen LogP contribution >= 0.6 is 15.9 Å². The van der Waals surface area contributed by atoms with E-state index in [0.29, 0.717) is 37.6 Å². The van der Waals surface area contributed by atoms with Gasteiger partial charge >= 0.3 is 0 Å². The Morgan fingerprint density at radius 3 is 2.32 bits per heavy atom. The zero-order valence-corrected chi connectivity index (χ0v) is 12.8. The Bertz CT molecular complexity index is 418. The van der Waals surface area contributed by atoms with Crippen LogP contribution in [0, 0.1) is 0 Å². The first-order chi connectivity index (χ1) is 9.10. The van der Waals surface area contributed by atoms with Gasteiger partial charge in [-0.1, -0.05) is 15.9 Å². The minimum atomic E-state index is -0.112. The number of benzene rings is 1. The van der Waals surface area contributed by atoms with Gasteiger partial charge in [-0.3, -0.25) is 4.79 Å². The summed E-state index contributed by atoms with van der Waals surface area (Å²) in [5.41, 5.74) is 6.83. The number of hydrogen-bond acceptors (Lipinski definition) is 4. The second-order valence-electron chi connectivity index (χ2n) is 4.01. The first kappa shape index (κ1) is 15.9. The summed E-state index contributed by atoms with van der Waals surface area (Å²) in [6.45, 7) is 1.97. The Labute approximate surface area is 121 Å². The van der Waals surface area contributed by atoms with Gasteiger partial charge < -0.3 is 20.1 Å². The third-order valence-corrected chi connectivity index (χ3v) is 3.16. The number of nitrogens with two attached hydrogens (primary N) is 1. The molecule has 19 heavy (non-hydrogen) atoms. The van der Waals surface area contributed by atoms with Gasteiger partial charge in [-0.05, 0) is 18.2 Å². The molecule has 0 spiro atoms. The summed E-state index contributed by atoms with van der Waals surface area (Å²) < 4.78 is 10.9. The van der Waals surface area contributed by atoms with Gasteiger partial charge in [-0.15, -0.1) is 0 Å². The van der Waals surface area contributed by atoms with E-state index < -0.39 is 0 Å². The highest BCUT2D eigenvalue weighted by Crippen LogP contribution is 2.20. The topological polar surface area (TPSA) is 64.8 Å². The monoisotopic (exact) mass is 330 g/mol. The van der Waals surface area contributed by atoms with E-state index in [-0.39, 0.29) is 5.91 Å². The van der Waals surface area contributed by atoms with Gasteiger partial charge in [0.2, 0.25) is 0 Å². The second kappa shape index (κ2) is 8.14. The zero-order chi connectivity index (χ0) is 14.3. The van der Waals surface area contributed by atoms with Crippen molar-refractivity contribution in [1.29, 1.82) is 0 Å². The molecule has 0 aliphatic heterocycles. The third-order valence-electron chi connectivity index (χ3n) is 2.66.